The third kappa shape index (κ3) is 5.39. The van der Waals surface area contributed by atoms with Gasteiger partial charge in [-0.05, 0) is 55.3 Å². The number of alkyl halides is 3. The lowest BCUT2D eigenvalue weighted by Crippen LogP contribution is -2.45. The molecule has 0 radical (unpaired) electrons. The number of hydrogen-bond acceptors (Lipinski definition) is 5. The van der Waals surface area contributed by atoms with Crippen molar-refractivity contribution in [2.45, 2.75) is 31.1 Å². The lowest BCUT2D eigenvalue weighted by atomic mass is 9.97. The van der Waals surface area contributed by atoms with Crippen LogP contribution in [0, 0.1) is 0 Å². The van der Waals surface area contributed by atoms with Crippen molar-refractivity contribution in [2.75, 3.05) is 44.6 Å². The zero-order valence-corrected chi connectivity index (χ0v) is 20.5. The molecule has 1 fully saturated rings. The lowest BCUT2D eigenvalue weighted by molar-refractivity contribution is -0.141. The quantitative estimate of drug-likeness (QED) is 0.354. The molecule has 4 heterocycles. The summed E-state index contributed by atoms with van der Waals surface area (Å²) < 4.78 is 39.5. The van der Waals surface area contributed by atoms with Gasteiger partial charge >= 0.3 is 6.18 Å². The summed E-state index contributed by atoms with van der Waals surface area (Å²) in [7, 11) is 0. The summed E-state index contributed by atoms with van der Waals surface area (Å²) in [6.45, 7) is 4.68. The fourth-order valence-corrected chi connectivity index (χ4v) is 5.45. The first-order valence-corrected chi connectivity index (χ1v) is 12.5. The van der Waals surface area contributed by atoms with Crippen LogP contribution < -0.4 is 16.0 Å². The highest BCUT2D eigenvalue weighted by Gasteiger charge is 2.35. The maximum atomic E-state index is 13.2. The second-order valence-electron chi connectivity index (χ2n) is 9.06. The molecular formula is C24H27Cl2F3N6. The Labute approximate surface area is 211 Å². The van der Waals surface area contributed by atoms with Crippen LogP contribution in [0.4, 0.5) is 19.0 Å². The maximum absolute atomic E-state index is 13.2. The van der Waals surface area contributed by atoms with Gasteiger partial charge < -0.3 is 20.9 Å². The van der Waals surface area contributed by atoms with E-state index < -0.39 is 16.9 Å². The minimum Gasteiger partial charge on any atom is -0.369 e. The Bertz CT molecular complexity index is 1190. The molecule has 188 valence electrons. The molecule has 0 amide bonds. The third-order valence-electron chi connectivity index (χ3n) is 6.80. The lowest BCUT2D eigenvalue weighted by Gasteiger charge is -2.36. The first kappa shape index (κ1) is 24.6. The molecule has 1 saturated heterocycles. The molecule has 2 unspecified atom stereocenters. The Morgan fingerprint density at radius 3 is 2.80 bits per heavy atom. The molecule has 0 saturated carbocycles. The van der Waals surface area contributed by atoms with Gasteiger partial charge in [0.05, 0.1) is 11.1 Å². The number of aromatic amines is 1. The zero-order chi connectivity index (χ0) is 24.6. The highest BCUT2D eigenvalue weighted by Crippen LogP contribution is 2.36. The minimum absolute atomic E-state index is 0.108. The number of pyridine rings is 1. The molecule has 5 rings (SSSR count). The number of nitrogens with one attached hydrogen (secondary N) is 4. The molecule has 6 nitrogen and oxygen atoms in total. The largest absolute Gasteiger partial charge is 0.434 e. The van der Waals surface area contributed by atoms with E-state index in [0.29, 0.717) is 24.2 Å². The number of nitrogens with zero attached hydrogens (tertiary/aromatic N) is 2. The number of rotatable bonds is 7. The van der Waals surface area contributed by atoms with Crippen LogP contribution in [0.2, 0.25) is 10.0 Å². The predicted molar refractivity (Wildman–Crippen MR) is 133 cm³/mol. The summed E-state index contributed by atoms with van der Waals surface area (Å²) in [6.07, 6.45) is -2.63. The standard InChI is InChI=1S/C24H27Cl2F3N6/c25-14-1-3-19-17(11-14)16-6-9-35(20(22(16)33-19)13-32-15-5-7-30-12-15)10-8-31-21-4-2-18(26)23(34-21)24(27,28)29/h1-4,11,15,20,30,32-33H,5-10,12-13H2,(H,31,34). The smallest absolute Gasteiger partial charge is 0.369 e. The van der Waals surface area contributed by atoms with E-state index in [1.165, 1.54) is 23.4 Å². The van der Waals surface area contributed by atoms with Crippen molar-refractivity contribution in [3.63, 3.8) is 0 Å². The number of anilines is 1. The van der Waals surface area contributed by atoms with Crippen molar-refractivity contribution in [3.05, 3.63) is 57.3 Å². The minimum atomic E-state index is -4.59. The van der Waals surface area contributed by atoms with Crippen LogP contribution in [-0.4, -0.2) is 60.2 Å². The van der Waals surface area contributed by atoms with E-state index in [1.54, 1.807) is 0 Å². The summed E-state index contributed by atoms with van der Waals surface area (Å²) >= 11 is 12.0. The van der Waals surface area contributed by atoms with Gasteiger partial charge in [0.2, 0.25) is 0 Å². The van der Waals surface area contributed by atoms with Gasteiger partial charge in [-0.3, -0.25) is 4.90 Å². The maximum Gasteiger partial charge on any atom is 0.434 e. The van der Waals surface area contributed by atoms with E-state index in [0.717, 1.165) is 49.9 Å². The van der Waals surface area contributed by atoms with Crippen molar-refractivity contribution >= 4 is 39.9 Å². The van der Waals surface area contributed by atoms with E-state index in [1.807, 2.05) is 18.2 Å². The van der Waals surface area contributed by atoms with Gasteiger partial charge in [-0.2, -0.15) is 13.2 Å². The number of hydrogen-bond donors (Lipinski definition) is 4. The van der Waals surface area contributed by atoms with Crippen LogP contribution in [0.25, 0.3) is 10.9 Å². The van der Waals surface area contributed by atoms with E-state index in [-0.39, 0.29) is 11.9 Å². The van der Waals surface area contributed by atoms with E-state index in [4.69, 9.17) is 23.2 Å². The Morgan fingerprint density at radius 2 is 2.03 bits per heavy atom. The second-order valence-corrected chi connectivity index (χ2v) is 9.90. The van der Waals surface area contributed by atoms with Crippen LogP contribution >= 0.6 is 23.2 Å². The molecule has 4 N–H and O–H groups in total. The molecule has 0 spiro atoms. The normalized spacial score (nSPS) is 20.9. The number of benzene rings is 1. The van der Waals surface area contributed by atoms with Crippen LogP contribution in [0.5, 0.6) is 0 Å². The van der Waals surface area contributed by atoms with Crippen molar-refractivity contribution < 1.29 is 13.2 Å². The highest BCUT2D eigenvalue weighted by atomic mass is 35.5. The van der Waals surface area contributed by atoms with Crippen molar-refractivity contribution in [1.29, 1.82) is 0 Å². The van der Waals surface area contributed by atoms with Crippen LogP contribution in [-0.2, 0) is 12.6 Å². The molecule has 2 aliphatic heterocycles. The zero-order valence-electron chi connectivity index (χ0n) is 19.0. The topological polar surface area (TPSA) is 68.0 Å². The van der Waals surface area contributed by atoms with Crippen LogP contribution in [0.15, 0.2) is 30.3 Å². The Balaban J connectivity index is 1.32. The van der Waals surface area contributed by atoms with E-state index in [2.05, 4.69) is 30.8 Å². The summed E-state index contributed by atoms with van der Waals surface area (Å²) in [5.41, 5.74) is 2.46. The Kier molecular flexibility index (Phi) is 7.14. The predicted octanol–water partition coefficient (Wildman–Crippen LogP) is 4.85. The number of fused-ring (bicyclic) bond motifs is 3. The van der Waals surface area contributed by atoms with E-state index in [9.17, 15) is 13.2 Å². The Morgan fingerprint density at radius 1 is 1.17 bits per heavy atom. The van der Waals surface area contributed by atoms with Gasteiger partial charge in [-0.15, -0.1) is 0 Å². The number of halogens is 5. The first-order chi connectivity index (χ1) is 16.8. The summed E-state index contributed by atoms with van der Waals surface area (Å²) in [5, 5.41) is 11.6. The average molecular weight is 527 g/mol. The van der Waals surface area contributed by atoms with Gasteiger partial charge in [0.25, 0.3) is 0 Å². The van der Waals surface area contributed by atoms with Gasteiger partial charge in [-0.25, -0.2) is 4.98 Å². The van der Waals surface area contributed by atoms with Crippen molar-refractivity contribution in [1.82, 2.24) is 25.5 Å². The third-order valence-corrected chi connectivity index (χ3v) is 7.34. The van der Waals surface area contributed by atoms with Crippen molar-refractivity contribution in [2.24, 2.45) is 0 Å². The molecule has 2 aliphatic rings. The fourth-order valence-electron chi connectivity index (χ4n) is 5.06. The Hall–Kier alpha value is -2.04. The molecule has 3 aromatic rings. The van der Waals surface area contributed by atoms with Gasteiger partial charge in [0, 0.05) is 60.4 Å². The first-order valence-electron chi connectivity index (χ1n) is 11.8. The SMILES string of the molecule is FC(F)(F)c1nc(NCCN2CCc3c([nH]c4ccc(Cl)cc34)C2CNC2CCNC2)ccc1Cl. The molecule has 1 aromatic carbocycles. The number of aromatic nitrogens is 2. The number of H-pyrrole nitrogens is 1. The molecular weight excluding hydrogens is 500 g/mol. The monoisotopic (exact) mass is 526 g/mol. The van der Waals surface area contributed by atoms with Crippen molar-refractivity contribution in [3.8, 4) is 0 Å². The molecule has 35 heavy (non-hydrogen) atoms. The fraction of sp³-hybridized carbons (Fsp3) is 0.458. The van der Waals surface area contributed by atoms with E-state index >= 15 is 0 Å². The van der Waals surface area contributed by atoms with Gasteiger partial charge in [0.1, 0.15) is 5.82 Å². The summed E-state index contributed by atoms with van der Waals surface area (Å²) in [4.78, 5) is 9.65. The molecule has 2 aromatic heterocycles. The highest BCUT2D eigenvalue weighted by molar-refractivity contribution is 6.31. The average Bonchev–Trinajstić information content (AvgIpc) is 3.46. The van der Waals surface area contributed by atoms with Gasteiger partial charge in [0.15, 0.2) is 5.69 Å². The summed E-state index contributed by atoms with van der Waals surface area (Å²) in [6, 6.07) is 9.15. The molecule has 11 heteroatoms. The molecule has 0 bridgehead atoms. The van der Waals surface area contributed by atoms with Gasteiger partial charge in [-0.1, -0.05) is 23.2 Å². The summed E-state index contributed by atoms with van der Waals surface area (Å²) in [5.74, 6) is 0.159. The molecule has 2 atom stereocenters. The second kappa shape index (κ2) is 10.1. The molecule has 0 aliphatic carbocycles. The van der Waals surface area contributed by atoms with Crippen LogP contribution in [0.1, 0.15) is 29.4 Å². The van der Waals surface area contributed by atoms with Crippen LogP contribution in [0.3, 0.4) is 0 Å².